The van der Waals surface area contributed by atoms with E-state index in [9.17, 15) is 0 Å². The zero-order valence-corrected chi connectivity index (χ0v) is 8.80. The molecule has 0 aromatic carbocycles. The lowest BCUT2D eigenvalue weighted by Gasteiger charge is -2.17. The molecule has 2 nitrogen and oxygen atoms in total. The highest BCUT2D eigenvalue weighted by molar-refractivity contribution is 6.20. The fourth-order valence-corrected chi connectivity index (χ4v) is 2.48. The first-order chi connectivity index (χ1) is 6.34. The summed E-state index contributed by atoms with van der Waals surface area (Å²) in [7, 11) is 0. The van der Waals surface area contributed by atoms with Crippen LogP contribution < -0.4 is 0 Å². The van der Waals surface area contributed by atoms with Crippen LogP contribution >= 0.6 is 11.6 Å². The average molecular weight is 204 g/mol. The van der Waals surface area contributed by atoms with Gasteiger partial charge in [-0.15, -0.1) is 11.6 Å². The van der Waals surface area contributed by atoms with Crippen LogP contribution in [-0.4, -0.2) is 42.6 Å². The van der Waals surface area contributed by atoms with E-state index in [0.717, 1.165) is 19.6 Å². The molecule has 0 amide bonds. The number of halogens is 1. The lowest BCUT2D eigenvalue weighted by Crippen LogP contribution is -2.25. The van der Waals surface area contributed by atoms with Gasteiger partial charge < -0.3 is 9.64 Å². The van der Waals surface area contributed by atoms with Crippen LogP contribution in [0.1, 0.15) is 25.7 Å². The molecule has 2 aliphatic rings. The van der Waals surface area contributed by atoms with E-state index in [1.54, 1.807) is 0 Å². The Labute approximate surface area is 85.2 Å². The average Bonchev–Trinajstić information content (AvgIpc) is 2.71. The third-order valence-corrected chi connectivity index (χ3v) is 3.36. The number of hydrogen-bond donors (Lipinski definition) is 0. The zero-order valence-electron chi connectivity index (χ0n) is 8.04. The fraction of sp³-hybridized carbons (Fsp3) is 1.00. The van der Waals surface area contributed by atoms with Crippen LogP contribution in [0.3, 0.4) is 0 Å². The lowest BCUT2D eigenvalue weighted by molar-refractivity contribution is 0.0949. The third-order valence-electron chi connectivity index (χ3n) is 3.01. The standard InChI is InChI=1S/C10H18ClNO/c11-9-3-5-12(8-9)6-4-10-2-1-7-13-10/h9-10H,1-8H2. The van der Waals surface area contributed by atoms with Crippen LogP contribution in [0.25, 0.3) is 0 Å². The van der Waals surface area contributed by atoms with Crippen LogP contribution in [0, 0.1) is 0 Å². The van der Waals surface area contributed by atoms with Crippen LogP contribution in [0.2, 0.25) is 0 Å². The van der Waals surface area contributed by atoms with Gasteiger partial charge in [0.2, 0.25) is 0 Å². The summed E-state index contributed by atoms with van der Waals surface area (Å²) in [5, 5.41) is 0.393. The Kier molecular flexibility index (Phi) is 3.47. The Morgan fingerprint density at radius 2 is 2.31 bits per heavy atom. The largest absolute Gasteiger partial charge is 0.378 e. The lowest BCUT2D eigenvalue weighted by atomic mass is 10.2. The number of nitrogens with zero attached hydrogens (tertiary/aromatic N) is 1. The van der Waals surface area contributed by atoms with Crippen molar-refractivity contribution in [3.05, 3.63) is 0 Å². The molecule has 0 N–H and O–H groups in total. The van der Waals surface area contributed by atoms with E-state index < -0.39 is 0 Å². The molecule has 0 aromatic heterocycles. The predicted molar refractivity (Wildman–Crippen MR) is 54.3 cm³/mol. The second-order valence-corrected chi connectivity index (χ2v) is 4.73. The van der Waals surface area contributed by atoms with Gasteiger partial charge in [0, 0.05) is 25.1 Å². The van der Waals surface area contributed by atoms with Crippen molar-refractivity contribution in [2.75, 3.05) is 26.2 Å². The number of hydrogen-bond acceptors (Lipinski definition) is 2. The monoisotopic (exact) mass is 203 g/mol. The van der Waals surface area contributed by atoms with Gasteiger partial charge in [-0.05, 0) is 32.2 Å². The second kappa shape index (κ2) is 4.63. The molecule has 2 fully saturated rings. The Bertz CT molecular complexity index is 159. The van der Waals surface area contributed by atoms with Crippen molar-refractivity contribution < 1.29 is 4.74 Å². The van der Waals surface area contributed by atoms with E-state index >= 15 is 0 Å². The molecule has 0 spiro atoms. The summed E-state index contributed by atoms with van der Waals surface area (Å²) in [6, 6.07) is 0. The van der Waals surface area contributed by atoms with E-state index in [1.165, 1.54) is 32.4 Å². The molecule has 2 rings (SSSR count). The number of alkyl halides is 1. The molecule has 76 valence electrons. The Morgan fingerprint density at radius 3 is 2.92 bits per heavy atom. The summed E-state index contributed by atoms with van der Waals surface area (Å²) in [4.78, 5) is 2.46. The van der Waals surface area contributed by atoms with E-state index in [2.05, 4.69) is 4.90 Å². The van der Waals surface area contributed by atoms with Gasteiger partial charge in [-0.2, -0.15) is 0 Å². The first kappa shape index (κ1) is 9.75. The van der Waals surface area contributed by atoms with Crippen molar-refractivity contribution in [2.24, 2.45) is 0 Å². The van der Waals surface area contributed by atoms with Crippen molar-refractivity contribution >= 4 is 11.6 Å². The molecular formula is C10H18ClNO. The maximum atomic E-state index is 6.03. The van der Waals surface area contributed by atoms with Crippen molar-refractivity contribution in [3.8, 4) is 0 Å². The molecule has 2 unspecified atom stereocenters. The van der Waals surface area contributed by atoms with Crippen LogP contribution in [0.5, 0.6) is 0 Å². The van der Waals surface area contributed by atoms with E-state index in [-0.39, 0.29) is 0 Å². The first-order valence-electron chi connectivity index (χ1n) is 5.32. The van der Waals surface area contributed by atoms with Crippen LogP contribution in [0.15, 0.2) is 0 Å². The molecule has 2 heterocycles. The maximum absolute atomic E-state index is 6.03. The topological polar surface area (TPSA) is 12.5 Å². The quantitative estimate of drug-likeness (QED) is 0.650. The summed E-state index contributed by atoms with van der Waals surface area (Å²) in [6.07, 6.45) is 5.41. The summed E-state index contributed by atoms with van der Waals surface area (Å²) in [5.74, 6) is 0. The highest BCUT2D eigenvalue weighted by Gasteiger charge is 2.22. The summed E-state index contributed by atoms with van der Waals surface area (Å²) >= 11 is 6.03. The molecule has 0 aromatic rings. The van der Waals surface area contributed by atoms with Gasteiger partial charge in [-0.3, -0.25) is 0 Å². The minimum Gasteiger partial charge on any atom is -0.378 e. The van der Waals surface area contributed by atoms with E-state index in [4.69, 9.17) is 16.3 Å². The molecule has 0 aliphatic carbocycles. The molecule has 0 bridgehead atoms. The molecule has 2 aliphatic heterocycles. The van der Waals surface area contributed by atoms with Gasteiger partial charge in [0.15, 0.2) is 0 Å². The normalized spacial score (nSPS) is 35.8. The zero-order chi connectivity index (χ0) is 9.10. The Morgan fingerprint density at radius 1 is 1.38 bits per heavy atom. The minimum absolute atomic E-state index is 0.393. The van der Waals surface area contributed by atoms with Gasteiger partial charge >= 0.3 is 0 Å². The Hall–Kier alpha value is 0.210. The van der Waals surface area contributed by atoms with Gasteiger partial charge in [-0.1, -0.05) is 0 Å². The van der Waals surface area contributed by atoms with Gasteiger partial charge in [0.05, 0.1) is 6.10 Å². The van der Waals surface area contributed by atoms with Crippen molar-refractivity contribution in [1.82, 2.24) is 4.90 Å². The molecule has 2 atom stereocenters. The molecule has 13 heavy (non-hydrogen) atoms. The third kappa shape index (κ3) is 2.83. The summed E-state index contributed by atoms with van der Waals surface area (Å²) in [5.41, 5.74) is 0. The molecular weight excluding hydrogens is 186 g/mol. The number of rotatable bonds is 3. The second-order valence-electron chi connectivity index (χ2n) is 4.11. The van der Waals surface area contributed by atoms with E-state index in [1.807, 2.05) is 0 Å². The van der Waals surface area contributed by atoms with Crippen LogP contribution in [0.4, 0.5) is 0 Å². The van der Waals surface area contributed by atoms with Gasteiger partial charge in [0.1, 0.15) is 0 Å². The smallest absolute Gasteiger partial charge is 0.0588 e. The van der Waals surface area contributed by atoms with Crippen molar-refractivity contribution in [1.29, 1.82) is 0 Å². The first-order valence-corrected chi connectivity index (χ1v) is 5.76. The molecule has 0 radical (unpaired) electrons. The number of likely N-dealkylation sites (tertiary alicyclic amines) is 1. The van der Waals surface area contributed by atoms with Crippen molar-refractivity contribution in [3.63, 3.8) is 0 Å². The highest BCUT2D eigenvalue weighted by atomic mass is 35.5. The fourth-order valence-electron chi connectivity index (χ4n) is 2.19. The molecule has 3 heteroatoms. The Balaban J connectivity index is 1.62. The number of ether oxygens (including phenoxy) is 1. The van der Waals surface area contributed by atoms with Gasteiger partial charge in [0.25, 0.3) is 0 Å². The summed E-state index contributed by atoms with van der Waals surface area (Å²) in [6.45, 7) is 4.41. The minimum atomic E-state index is 0.393. The van der Waals surface area contributed by atoms with Crippen LogP contribution in [-0.2, 0) is 4.74 Å². The van der Waals surface area contributed by atoms with E-state index in [0.29, 0.717) is 11.5 Å². The van der Waals surface area contributed by atoms with Gasteiger partial charge in [-0.25, -0.2) is 0 Å². The SMILES string of the molecule is ClC1CCN(CCC2CCCO2)C1. The maximum Gasteiger partial charge on any atom is 0.0588 e. The molecule has 2 saturated heterocycles. The van der Waals surface area contributed by atoms with Crippen molar-refractivity contribution in [2.45, 2.75) is 37.2 Å². The highest BCUT2D eigenvalue weighted by Crippen LogP contribution is 2.19. The predicted octanol–water partition coefficient (Wildman–Crippen LogP) is 1.87. The summed E-state index contributed by atoms with van der Waals surface area (Å²) < 4.78 is 5.58. The molecule has 0 saturated carbocycles.